The number of morpholine rings is 1. The summed E-state index contributed by atoms with van der Waals surface area (Å²) in [7, 11) is 0. The molecule has 6 nitrogen and oxygen atoms in total. The number of benzene rings is 1. The van der Waals surface area contributed by atoms with Crippen LogP contribution in [0.2, 0.25) is 0 Å². The summed E-state index contributed by atoms with van der Waals surface area (Å²) in [5.41, 5.74) is 3.04. The van der Waals surface area contributed by atoms with E-state index < -0.39 is 0 Å². The molecule has 1 amide bonds. The van der Waals surface area contributed by atoms with Crippen LogP contribution >= 0.6 is 0 Å². The van der Waals surface area contributed by atoms with Gasteiger partial charge in [0.05, 0.1) is 13.2 Å². The van der Waals surface area contributed by atoms with Crippen molar-refractivity contribution in [2.75, 3.05) is 36.5 Å². The molecule has 4 rings (SSSR count). The minimum Gasteiger partial charge on any atom is -0.378 e. The second kappa shape index (κ2) is 7.60. The fourth-order valence-corrected chi connectivity index (χ4v) is 3.61. The number of aryl methyl sites for hydroxylation is 1. The Labute approximate surface area is 157 Å². The smallest absolute Gasteiger partial charge is 0.227 e. The first kappa shape index (κ1) is 17.9. The zero-order chi connectivity index (χ0) is 18.8. The van der Waals surface area contributed by atoms with Crippen molar-refractivity contribution in [1.82, 2.24) is 9.97 Å². The highest BCUT2D eigenvalue weighted by Crippen LogP contribution is 2.27. The lowest BCUT2D eigenvalue weighted by molar-refractivity contribution is -0.120. The summed E-state index contributed by atoms with van der Waals surface area (Å²) >= 11 is 0. The highest BCUT2D eigenvalue weighted by Gasteiger charge is 2.27. The fraction of sp³-hybridized carbons (Fsp3) is 0.450. The summed E-state index contributed by atoms with van der Waals surface area (Å²) in [6.45, 7) is 4.67. The standard InChI is InChI=1S/C20H23FN4O2/c1-13-16(21)3-2-4-17(13)23-19(26)14-5-6-18-15(11-14)12-22-20(24-18)25-7-9-27-10-8-25/h2-4,12,14H,5-11H2,1H3,(H,23,26). The van der Waals surface area contributed by atoms with Crippen molar-refractivity contribution >= 4 is 17.5 Å². The molecule has 2 aromatic rings. The van der Waals surface area contributed by atoms with E-state index in [-0.39, 0.29) is 17.6 Å². The molecule has 1 aromatic carbocycles. The molecule has 0 bridgehead atoms. The highest BCUT2D eigenvalue weighted by molar-refractivity contribution is 5.93. The number of hydrogen-bond acceptors (Lipinski definition) is 5. The van der Waals surface area contributed by atoms with Gasteiger partial charge in [-0.15, -0.1) is 0 Å². The molecule has 0 saturated carbocycles. The molecule has 1 saturated heterocycles. The van der Waals surface area contributed by atoms with E-state index >= 15 is 0 Å². The molecule has 2 aliphatic rings. The van der Waals surface area contributed by atoms with Gasteiger partial charge in [0, 0.05) is 42.1 Å². The zero-order valence-corrected chi connectivity index (χ0v) is 15.4. The maximum atomic E-state index is 13.7. The lowest BCUT2D eigenvalue weighted by Crippen LogP contribution is -2.38. The number of aromatic nitrogens is 2. The molecular weight excluding hydrogens is 347 g/mol. The molecule has 142 valence electrons. The van der Waals surface area contributed by atoms with Crippen LogP contribution in [0, 0.1) is 18.7 Å². The topological polar surface area (TPSA) is 67.4 Å². The molecule has 1 aliphatic heterocycles. The molecule has 1 unspecified atom stereocenters. The van der Waals surface area contributed by atoms with Crippen molar-refractivity contribution in [1.29, 1.82) is 0 Å². The van der Waals surface area contributed by atoms with Crippen molar-refractivity contribution in [3.05, 3.63) is 47.0 Å². The fourth-order valence-electron chi connectivity index (χ4n) is 3.61. The molecular formula is C20H23FN4O2. The van der Waals surface area contributed by atoms with Gasteiger partial charge in [0.15, 0.2) is 0 Å². The third-order valence-corrected chi connectivity index (χ3v) is 5.33. The monoisotopic (exact) mass is 370 g/mol. The van der Waals surface area contributed by atoms with E-state index in [2.05, 4.69) is 15.2 Å². The lowest BCUT2D eigenvalue weighted by atomic mass is 9.86. The summed E-state index contributed by atoms with van der Waals surface area (Å²) < 4.78 is 19.1. The number of rotatable bonds is 3. The molecule has 1 aromatic heterocycles. The number of carbonyl (C=O) groups is 1. The van der Waals surface area contributed by atoms with E-state index in [4.69, 9.17) is 9.72 Å². The number of hydrogen-bond donors (Lipinski definition) is 1. The molecule has 2 heterocycles. The van der Waals surface area contributed by atoms with Crippen LogP contribution in [-0.2, 0) is 22.4 Å². The van der Waals surface area contributed by atoms with Crippen LogP contribution in [0.15, 0.2) is 24.4 Å². The number of nitrogens with one attached hydrogen (secondary N) is 1. The first-order valence-corrected chi connectivity index (χ1v) is 9.35. The lowest BCUT2D eigenvalue weighted by Gasteiger charge is -2.29. The van der Waals surface area contributed by atoms with E-state index in [0.29, 0.717) is 30.9 Å². The summed E-state index contributed by atoms with van der Waals surface area (Å²) in [5, 5.41) is 2.87. The minimum atomic E-state index is -0.314. The maximum Gasteiger partial charge on any atom is 0.227 e. The van der Waals surface area contributed by atoms with Gasteiger partial charge >= 0.3 is 0 Å². The van der Waals surface area contributed by atoms with E-state index in [1.165, 1.54) is 6.07 Å². The highest BCUT2D eigenvalue weighted by atomic mass is 19.1. The Morgan fingerprint density at radius 1 is 1.33 bits per heavy atom. The van der Waals surface area contributed by atoms with Gasteiger partial charge in [-0.2, -0.15) is 0 Å². The third-order valence-electron chi connectivity index (χ3n) is 5.33. The Morgan fingerprint density at radius 2 is 2.15 bits per heavy atom. The normalized spacial score (nSPS) is 19.5. The molecule has 1 fully saturated rings. The number of nitrogens with zero attached hydrogens (tertiary/aromatic N) is 3. The van der Waals surface area contributed by atoms with Crippen LogP contribution in [0.3, 0.4) is 0 Å². The van der Waals surface area contributed by atoms with Crippen molar-refractivity contribution in [2.45, 2.75) is 26.2 Å². The Kier molecular flexibility index (Phi) is 5.03. The molecule has 1 atom stereocenters. The average Bonchev–Trinajstić information content (AvgIpc) is 2.71. The summed E-state index contributed by atoms with van der Waals surface area (Å²) in [6.07, 6.45) is 3.93. The summed E-state index contributed by atoms with van der Waals surface area (Å²) in [4.78, 5) is 24.0. The molecule has 1 N–H and O–H groups in total. The maximum absolute atomic E-state index is 13.7. The van der Waals surface area contributed by atoms with Gasteiger partial charge < -0.3 is 15.0 Å². The van der Waals surface area contributed by atoms with Crippen LogP contribution in [0.4, 0.5) is 16.0 Å². The van der Waals surface area contributed by atoms with Crippen molar-refractivity contribution in [3.63, 3.8) is 0 Å². The van der Waals surface area contributed by atoms with Crippen LogP contribution in [0.25, 0.3) is 0 Å². The van der Waals surface area contributed by atoms with Gasteiger partial charge in [0.2, 0.25) is 11.9 Å². The average molecular weight is 370 g/mol. The van der Waals surface area contributed by atoms with E-state index in [1.807, 2.05) is 6.20 Å². The van der Waals surface area contributed by atoms with E-state index in [0.717, 1.165) is 43.1 Å². The van der Waals surface area contributed by atoms with Crippen LogP contribution < -0.4 is 10.2 Å². The predicted octanol–water partition coefficient (Wildman–Crippen LogP) is 2.50. The Balaban J connectivity index is 1.45. The summed E-state index contributed by atoms with van der Waals surface area (Å²) in [5.74, 6) is 0.200. The molecule has 0 radical (unpaired) electrons. The number of anilines is 2. The largest absolute Gasteiger partial charge is 0.378 e. The van der Waals surface area contributed by atoms with Gasteiger partial charge in [-0.1, -0.05) is 6.07 Å². The summed E-state index contributed by atoms with van der Waals surface area (Å²) in [6, 6.07) is 4.73. The van der Waals surface area contributed by atoms with Gasteiger partial charge in [-0.3, -0.25) is 4.79 Å². The van der Waals surface area contributed by atoms with Crippen molar-refractivity contribution < 1.29 is 13.9 Å². The molecule has 0 spiro atoms. The molecule has 1 aliphatic carbocycles. The first-order valence-electron chi connectivity index (χ1n) is 9.35. The zero-order valence-electron chi connectivity index (χ0n) is 15.4. The number of ether oxygens (including phenoxy) is 1. The first-order chi connectivity index (χ1) is 13.1. The second-order valence-corrected chi connectivity index (χ2v) is 7.08. The van der Waals surface area contributed by atoms with Crippen LogP contribution in [0.5, 0.6) is 0 Å². The molecule has 7 heteroatoms. The Morgan fingerprint density at radius 3 is 2.96 bits per heavy atom. The van der Waals surface area contributed by atoms with Crippen LogP contribution in [-0.4, -0.2) is 42.2 Å². The van der Waals surface area contributed by atoms with E-state index in [9.17, 15) is 9.18 Å². The van der Waals surface area contributed by atoms with Crippen molar-refractivity contribution in [2.24, 2.45) is 5.92 Å². The second-order valence-electron chi connectivity index (χ2n) is 7.08. The SMILES string of the molecule is Cc1c(F)cccc1NC(=O)C1CCc2nc(N3CCOCC3)ncc2C1. The Hall–Kier alpha value is -2.54. The number of halogens is 1. The predicted molar refractivity (Wildman–Crippen MR) is 100 cm³/mol. The third kappa shape index (κ3) is 3.78. The van der Waals surface area contributed by atoms with Gasteiger partial charge in [0.25, 0.3) is 0 Å². The van der Waals surface area contributed by atoms with E-state index in [1.54, 1.807) is 19.1 Å². The quantitative estimate of drug-likeness (QED) is 0.899. The Bertz CT molecular complexity index is 852. The van der Waals surface area contributed by atoms with Gasteiger partial charge in [-0.05, 0) is 43.9 Å². The number of carbonyl (C=O) groups excluding carboxylic acids is 1. The van der Waals surface area contributed by atoms with Crippen molar-refractivity contribution in [3.8, 4) is 0 Å². The van der Waals surface area contributed by atoms with Gasteiger partial charge in [0.1, 0.15) is 5.82 Å². The minimum absolute atomic E-state index is 0.0772. The number of amides is 1. The number of fused-ring (bicyclic) bond motifs is 1. The molecule has 27 heavy (non-hydrogen) atoms. The van der Waals surface area contributed by atoms with Gasteiger partial charge in [-0.25, -0.2) is 14.4 Å². The van der Waals surface area contributed by atoms with Crippen LogP contribution in [0.1, 0.15) is 23.2 Å².